The van der Waals surface area contributed by atoms with Crippen LogP contribution in [-0.4, -0.2) is 32.5 Å². The fraction of sp³-hybridized carbons (Fsp3) is 0.278. The molecule has 3 aromatic rings. The average molecular weight is 372 g/mol. The van der Waals surface area contributed by atoms with Crippen LogP contribution in [0, 0.1) is 0 Å². The number of ether oxygens (including phenoxy) is 1. The fourth-order valence-electron chi connectivity index (χ4n) is 2.27. The first kappa shape index (κ1) is 18.1. The van der Waals surface area contributed by atoms with Gasteiger partial charge < -0.3 is 19.0 Å². The molecule has 26 heavy (non-hydrogen) atoms. The van der Waals surface area contributed by atoms with E-state index in [4.69, 9.17) is 9.15 Å². The first-order valence-electron chi connectivity index (χ1n) is 8.26. The third-order valence-corrected chi connectivity index (χ3v) is 4.67. The van der Waals surface area contributed by atoms with Crippen LogP contribution in [0.3, 0.4) is 0 Å². The van der Waals surface area contributed by atoms with Gasteiger partial charge in [-0.05, 0) is 50.2 Å². The molecule has 1 amide bonds. The maximum absolute atomic E-state index is 12.4. The normalized spacial score (nSPS) is 11.9. The largest absolute Gasteiger partial charge is 0.494 e. The Bertz CT molecular complexity index is 831. The zero-order valence-electron chi connectivity index (χ0n) is 14.6. The van der Waals surface area contributed by atoms with Crippen LogP contribution < -0.4 is 10.1 Å². The molecular formula is C18H20N4O3S. The van der Waals surface area contributed by atoms with Gasteiger partial charge in [-0.15, -0.1) is 10.2 Å². The minimum absolute atomic E-state index is 0.105. The average Bonchev–Trinajstić information content (AvgIpc) is 3.30. The minimum atomic E-state index is -0.332. The molecule has 1 unspecified atom stereocenters. The van der Waals surface area contributed by atoms with Crippen molar-refractivity contribution in [3.8, 4) is 5.75 Å². The van der Waals surface area contributed by atoms with E-state index in [1.165, 1.54) is 11.8 Å². The summed E-state index contributed by atoms with van der Waals surface area (Å²) in [7, 11) is 0. The number of anilines is 1. The van der Waals surface area contributed by atoms with Crippen LogP contribution in [-0.2, 0) is 11.3 Å². The third-order valence-electron chi connectivity index (χ3n) is 3.57. The lowest BCUT2D eigenvalue weighted by molar-refractivity contribution is -0.115. The van der Waals surface area contributed by atoms with Crippen LogP contribution in [0.15, 0.2) is 58.6 Å². The van der Waals surface area contributed by atoms with Gasteiger partial charge in [0.05, 0.1) is 24.7 Å². The molecule has 0 saturated carbocycles. The van der Waals surface area contributed by atoms with E-state index >= 15 is 0 Å². The molecule has 7 nitrogen and oxygen atoms in total. The number of carbonyl (C=O) groups is 1. The summed E-state index contributed by atoms with van der Waals surface area (Å²) < 4.78 is 12.6. The Kier molecular flexibility index (Phi) is 5.96. The van der Waals surface area contributed by atoms with Gasteiger partial charge in [-0.2, -0.15) is 0 Å². The van der Waals surface area contributed by atoms with Gasteiger partial charge in [-0.1, -0.05) is 11.8 Å². The Morgan fingerprint density at radius 2 is 2.15 bits per heavy atom. The first-order chi connectivity index (χ1) is 12.7. The maximum Gasteiger partial charge on any atom is 0.237 e. The topological polar surface area (TPSA) is 82.2 Å². The van der Waals surface area contributed by atoms with E-state index in [2.05, 4.69) is 15.5 Å². The number of benzene rings is 1. The molecule has 3 rings (SSSR count). The van der Waals surface area contributed by atoms with Crippen molar-refractivity contribution in [3.05, 3.63) is 54.7 Å². The second kappa shape index (κ2) is 8.57. The highest BCUT2D eigenvalue weighted by atomic mass is 32.2. The lowest BCUT2D eigenvalue weighted by Gasteiger charge is -2.12. The quantitative estimate of drug-likeness (QED) is 0.610. The van der Waals surface area contributed by atoms with Gasteiger partial charge in [-0.3, -0.25) is 4.79 Å². The van der Waals surface area contributed by atoms with Gasteiger partial charge in [0.25, 0.3) is 0 Å². The number of hydrogen-bond acceptors (Lipinski definition) is 6. The van der Waals surface area contributed by atoms with Crippen molar-refractivity contribution in [2.45, 2.75) is 30.8 Å². The Labute approximate surface area is 155 Å². The van der Waals surface area contributed by atoms with Gasteiger partial charge in [0.1, 0.15) is 17.8 Å². The number of amides is 1. The van der Waals surface area contributed by atoms with Crippen LogP contribution in [0.5, 0.6) is 5.75 Å². The van der Waals surface area contributed by atoms with Crippen LogP contribution in [0.1, 0.15) is 19.6 Å². The Balaban J connectivity index is 1.58. The van der Waals surface area contributed by atoms with E-state index in [0.717, 1.165) is 17.2 Å². The second-order valence-corrected chi connectivity index (χ2v) is 6.84. The summed E-state index contributed by atoms with van der Waals surface area (Å²) in [5.74, 6) is 1.48. The first-order valence-corrected chi connectivity index (χ1v) is 9.14. The molecule has 0 aliphatic rings. The summed E-state index contributed by atoms with van der Waals surface area (Å²) in [5, 5.41) is 11.3. The number of furan rings is 1. The number of aromatic nitrogens is 3. The number of thioether (sulfide) groups is 1. The molecule has 136 valence electrons. The van der Waals surface area contributed by atoms with E-state index in [-0.39, 0.29) is 11.2 Å². The van der Waals surface area contributed by atoms with Gasteiger partial charge in [0.2, 0.25) is 5.91 Å². The van der Waals surface area contributed by atoms with Gasteiger partial charge in [0, 0.05) is 5.69 Å². The molecule has 2 aromatic heterocycles. The fourth-order valence-corrected chi connectivity index (χ4v) is 3.09. The molecule has 8 heteroatoms. The molecule has 0 aliphatic heterocycles. The number of nitrogens with zero attached hydrogens (tertiary/aromatic N) is 3. The highest BCUT2D eigenvalue weighted by Crippen LogP contribution is 2.23. The maximum atomic E-state index is 12.4. The van der Waals surface area contributed by atoms with E-state index in [9.17, 15) is 4.79 Å². The van der Waals surface area contributed by atoms with Crippen molar-refractivity contribution in [1.82, 2.24) is 14.8 Å². The van der Waals surface area contributed by atoms with E-state index in [0.29, 0.717) is 18.3 Å². The van der Waals surface area contributed by atoms with Crippen LogP contribution >= 0.6 is 11.8 Å². The van der Waals surface area contributed by atoms with Crippen molar-refractivity contribution in [1.29, 1.82) is 0 Å². The van der Waals surface area contributed by atoms with E-state index < -0.39 is 0 Å². The van der Waals surface area contributed by atoms with Gasteiger partial charge >= 0.3 is 0 Å². The summed E-state index contributed by atoms with van der Waals surface area (Å²) >= 11 is 1.35. The van der Waals surface area contributed by atoms with Crippen molar-refractivity contribution in [3.63, 3.8) is 0 Å². The molecular weight excluding hydrogens is 352 g/mol. The summed E-state index contributed by atoms with van der Waals surface area (Å²) in [6.45, 7) is 4.90. The highest BCUT2D eigenvalue weighted by molar-refractivity contribution is 8.00. The van der Waals surface area contributed by atoms with Crippen LogP contribution in [0.25, 0.3) is 0 Å². The molecule has 1 aromatic carbocycles. The Hall–Kier alpha value is -2.74. The minimum Gasteiger partial charge on any atom is -0.494 e. The Morgan fingerprint density at radius 1 is 1.35 bits per heavy atom. The molecule has 0 bridgehead atoms. The lowest BCUT2D eigenvalue weighted by atomic mass is 10.3. The van der Waals surface area contributed by atoms with Crippen LogP contribution in [0.2, 0.25) is 0 Å². The van der Waals surface area contributed by atoms with Crippen molar-refractivity contribution in [2.75, 3.05) is 11.9 Å². The lowest BCUT2D eigenvalue weighted by Crippen LogP contribution is -2.22. The monoisotopic (exact) mass is 372 g/mol. The van der Waals surface area contributed by atoms with Crippen molar-refractivity contribution < 1.29 is 13.9 Å². The molecule has 0 fully saturated rings. The molecule has 1 atom stereocenters. The predicted octanol–water partition coefficient (Wildman–Crippen LogP) is 3.44. The summed E-state index contributed by atoms with van der Waals surface area (Å²) in [6.07, 6.45) is 3.25. The van der Waals surface area contributed by atoms with E-state index in [1.807, 2.05) is 54.8 Å². The van der Waals surface area contributed by atoms with Crippen LogP contribution in [0.4, 0.5) is 5.69 Å². The highest BCUT2D eigenvalue weighted by Gasteiger charge is 2.18. The zero-order valence-corrected chi connectivity index (χ0v) is 15.4. The smallest absolute Gasteiger partial charge is 0.237 e. The summed E-state index contributed by atoms with van der Waals surface area (Å²) in [6, 6.07) is 11.0. The Morgan fingerprint density at radius 3 is 2.85 bits per heavy atom. The number of carbonyl (C=O) groups excluding carboxylic acids is 1. The molecule has 2 heterocycles. The standard InChI is InChI=1S/C18H20N4O3S/c1-3-24-15-8-6-14(7-9-15)20-17(23)13(2)26-18-21-19-12-22(18)11-16-5-4-10-25-16/h4-10,12-13H,3,11H2,1-2H3,(H,20,23). The number of hydrogen-bond donors (Lipinski definition) is 1. The molecule has 0 radical (unpaired) electrons. The zero-order chi connectivity index (χ0) is 18.4. The van der Waals surface area contributed by atoms with Gasteiger partial charge in [0.15, 0.2) is 5.16 Å². The number of rotatable bonds is 8. The summed E-state index contributed by atoms with van der Waals surface area (Å²) in [4.78, 5) is 12.4. The molecule has 0 spiro atoms. The third kappa shape index (κ3) is 4.66. The van der Waals surface area contributed by atoms with Gasteiger partial charge in [-0.25, -0.2) is 0 Å². The molecule has 1 N–H and O–H groups in total. The summed E-state index contributed by atoms with van der Waals surface area (Å²) in [5.41, 5.74) is 0.725. The van der Waals surface area contributed by atoms with Crippen molar-refractivity contribution in [2.24, 2.45) is 0 Å². The molecule has 0 aliphatic carbocycles. The van der Waals surface area contributed by atoms with E-state index in [1.54, 1.807) is 12.6 Å². The SMILES string of the molecule is CCOc1ccc(NC(=O)C(C)Sc2nncn2Cc2ccco2)cc1. The second-order valence-electron chi connectivity index (χ2n) is 5.53. The molecule has 0 saturated heterocycles. The number of nitrogens with one attached hydrogen (secondary N) is 1. The predicted molar refractivity (Wildman–Crippen MR) is 99.4 cm³/mol. The van der Waals surface area contributed by atoms with Crippen molar-refractivity contribution >= 4 is 23.4 Å².